The Bertz CT molecular complexity index is 611. The third kappa shape index (κ3) is 1.98. The summed E-state index contributed by atoms with van der Waals surface area (Å²) in [6.45, 7) is 4.76. The van der Waals surface area contributed by atoms with Crippen LogP contribution in [0.3, 0.4) is 0 Å². The molecule has 1 saturated heterocycles. The summed E-state index contributed by atoms with van der Waals surface area (Å²) in [6.07, 6.45) is 1.36. The smallest absolute Gasteiger partial charge is 0.195 e. The van der Waals surface area contributed by atoms with Crippen LogP contribution in [0.1, 0.15) is 36.4 Å². The predicted octanol–water partition coefficient (Wildman–Crippen LogP) is 3.60. The molecule has 0 aliphatic carbocycles. The fraction of sp³-hybridized carbons (Fsp3) is 0.438. The maximum atomic E-state index is 12.7. The molecule has 0 saturated carbocycles. The second-order valence-electron chi connectivity index (χ2n) is 5.17. The number of ketones is 1. The van der Waals surface area contributed by atoms with E-state index in [2.05, 4.69) is 6.92 Å². The topological polar surface area (TPSA) is 39.4 Å². The fourth-order valence-corrected chi connectivity index (χ4v) is 2.79. The summed E-state index contributed by atoms with van der Waals surface area (Å²) in [5, 5.41) is 0.909. The number of furan rings is 1. The number of benzene rings is 1. The van der Waals surface area contributed by atoms with Gasteiger partial charge >= 0.3 is 0 Å². The molecule has 3 rings (SSSR count). The molecule has 1 fully saturated rings. The van der Waals surface area contributed by atoms with Gasteiger partial charge in [0.2, 0.25) is 0 Å². The molecule has 1 aliphatic rings. The zero-order valence-corrected chi connectivity index (χ0v) is 11.3. The van der Waals surface area contributed by atoms with Gasteiger partial charge in [-0.3, -0.25) is 4.79 Å². The molecule has 0 bridgehead atoms. The van der Waals surface area contributed by atoms with Crippen LogP contribution in [-0.2, 0) is 11.2 Å². The molecular weight excluding hydrogens is 240 g/mol. The maximum Gasteiger partial charge on any atom is 0.195 e. The quantitative estimate of drug-likeness (QED) is 0.790. The van der Waals surface area contributed by atoms with Crippen molar-refractivity contribution in [3.8, 4) is 0 Å². The van der Waals surface area contributed by atoms with Crippen molar-refractivity contribution in [1.29, 1.82) is 0 Å². The second-order valence-corrected chi connectivity index (χ2v) is 5.17. The number of hydrogen-bond donors (Lipinski definition) is 0. The van der Waals surface area contributed by atoms with Crippen molar-refractivity contribution in [2.24, 2.45) is 5.92 Å². The van der Waals surface area contributed by atoms with Gasteiger partial charge in [0.15, 0.2) is 5.78 Å². The molecule has 100 valence electrons. The first kappa shape index (κ1) is 12.4. The van der Waals surface area contributed by atoms with Gasteiger partial charge in [0, 0.05) is 18.4 Å². The summed E-state index contributed by atoms with van der Waals surface area (Å²) in [5.41, 5.74) is 1.50. The van der Waals surface area contributed by atoms with E-state index in [9.17, 15) is 4.79 Å². The predicted molar refractivity (Wildman–Crippen MR) is 73.4 cm³/mol. The maximum absolute atomic E-state index is 12.7. The van der Waals surface area contributed by atoms with Gasteiger partial charge in [-0.2, -0.15) is 0 Å². The van der Waals surface area contributed by atoms with Crippen molar-refractivity contribution >= 4 is 16.8 Å². The normalized spacial score (nSPS) is 23.1. The molecule has 0 N–H and O–H groups in total. The van der Waals surface area contributed by atoms with Crippen molar-refractivity contribution in [3.63, 3.8) is 0 Å². The standard InChI is InChI=1S/C16H18O3/c1-3-12-14(11-6-4-5-7-13(11)19-12)15(17)16-10(2)8-9-18-16/h4-7,10,16H,3,8-9H2,1-2H3. The van der Waals surface area contributed by atoms with Gasteiger partial charge in [0.1, 0.15) is 17.4 Å². The Kier molecular flexibility index (Phi) is 3.15. The number of para-hydroxylation sites is 1. The second kappa shape index (κ2) is 4.82. The van der Waals surface area contributed by atoms with Gasteiger partial charge in [-0.25, -0.2) is 0 Å². The molecule has 2 unspecified atom stereocenters. The van der Waals surface area contributed by atoms with Gasteiger partial charge in [-0.15, -0.1) is 0 Å². The Morgan fingerprint density at radius 2 is 2.16 bits per heavy atom. The number of aryl methyl sites for hydroxylation is 1. The van der Waals surface area contributed by atoms with Crippen LogP contribution in [0.5, 0.6) is 0 Å². The van der Waals surface area contributed by atoms with Gasteiger partial charge in [-0.05, 0) is 18.4 Å². The third-order valence-corrected chi connectivity index (χ3v) is 3.88. The van der Waals surface area contributed by atoms with Crippen LogP contribution in [0.4, 0.5) is 0 Å². The Labute approximate surface area is 112 Å². The highest BCUT2D eigenvalue weighted by Gasteiger charge is 2.34. The highest BCUT2D eigenvalue weighted by Crippen LogP contribution is 2.31. The molecule has 0 spiro atoms. The first-order valence-electron chi connectivity index (χ1n) is 6.88. The molecular formula is C16H18O3. The van der Waals surface area contributed by atoms with Crippen LogP contribution < -0.4 is 0 Å². The third-order valence-electron chi connectivity index (χ3n) is 3.88. The monoisotopic (exact) mass is 258 g/mol. The summed E-state index contributed by atoms with van der Waals surface area (Å²) in [4.78, 5) is 12.7. The van der Waals surface area contributed by atoms with E-state index in [0.717, 1.165) is 35.1 Å². The van der Waals surface area contributed by atoms with Crippen molar-refractivity contribution < 1.29 is 13.9 Å². The molecule has 3 heteroatoms. The SMILES string of the molecule is CCc1oc2ccccc2c1C(=O)C1OCCC1C. The van der Waals surface area contributed by atoms with E-state index in [1.54, 1.807) is 0 Å². The molecule has 3 nitrogen and oxygen atoms in total. The van der Waals surface area contributed by atoms with Crippen LogP contribution >= 0.6 is 0 Å². The lowest BCUT2D eigenvalue weighted by Gasteiger charge is -2.13. The van der Waals surface area contributed by atoms with Crippen molar-refractivity contribution in [2.75, 3.05) is 6.61 Å². The van der Waals surface area contributed by atoms with Crippen LogP contribution in [-0.4, -0.2) is 18.5 Å². The lowest BCUT2D eigenvalue weighted by molar-refractivity contribution is 0.0579. The average Bonchev–Trinajstić information content (AvgIpc) is 3.01. The van der Waals surface area contributed by atoms with Crippen LogP contribution in [0.15, 0.2) is 28.7 Å². The molecule has 0 amide bonds. The van der Waals surface area contributed by atoms with Gasteiger partial charge in [0.25, 0.3) is 0 Å². The Hall–Kier alpha value is -1.61. The van der Waals surface area contributed by atoms with Crippen LogP contribution in [0, 0.1) is 5.92 Å². The van der Waals surface area contributed by atoms with Crippen LogP contribution in [0.25, 0.3) is 11.0 Å². The zero-order chi connectivity index (χ0) is 13.4. The number of hydrogen-bond acceptors (Lipinski definition) is 3. The molecule has 1 aliphatic heterocycles. The number of carbonyl (C=O) groups excluding carboxylic acids is 1. The minimum absolute atomic E-state index is 0.0757. The molecule has 2 atom stereocenters. The summed E-state index contributed by atoms with van der Waals surface area (Å²) in [6, 6.07) is 7.72. The van der Waals surface area contributed by atoms with E-state index in [-0.39, 0.29) is 17.8 Å². The van der Waals surface area contributed by atoms with E-state index < -0.39 is 0 Å². The molecule has 19 heavy (non-hydrogen) atoms. The van der Waals surface area contributed by atoms with Crippen LogP contribution in [0.2, 0.25) is 0 Å². The first-order chi connectivity index (χ1) is 9.22. The number of ether oxygens (including phenoxy) is 1. The molecule has 1 aromatic carbocycles. The molecule has 2 heterocycles. The lowest BCUT2D eigenvalue weighted by atomic mass is 9.94. The van der Waals surface area contributed by atoms with Crippen molar-refractivity contribution in [1.82, 2.24) is 0 Å². The lowest BCUT2D eigenvalue weighted by Crippen LogP contribution is -2.25. The minimum atomic E-state index is -0.314. The summed E-state index contributed by atoms with van der Waals surface area (Å²) < 4.78 is 11.4. The number of Topliss-reactive ketones (excluding diaryl/α,β-unsaturated/α-hetero) is 1. The highest BCUT2D eigenvalue weighted by atomic mass is 16.5. The average molecular weight is 258 g/mol. The number of fused-ring (bicyclic) bond motifs is 1. The Morgan fingerprint density at radius 1 is 1.37 bits per heavy atom. The van der Waals surface area contributed by atoms with E-state index in [1.807, 2.05) is 31.2 Å². The molecule has 2 aromatic rings. The number of rotatable bonds is 3. The first-order valence-corrected chi connectivity index (χ1v) is 6.88. The summed E-state index contributed by atoms with van der Waals surface area (Å²) in [5.74, 6) is 1.13. The van der Waals surface area contributed by atoms with E-state index >= 15 is 0 Å². The molecule has 0 radical (unpaired) electrons. The van der Waals surface area contributed by atoms with E-state index in [1.165, 1.54) is 0 Å². The summed E-state index contributed by atoms with van der Waals surface area (Å²) >= 11 is 0. The number of carbonyl (C=O) groups is 1. The van der Waals surface area contributed by atoms with Gasteiger partial charge < -0.3 is 9.15 Å². The van der Waals surface area contributed by atoms with E-state index in [0.29, 0.717) is 6.61 Å². The Balaban J connectivity index is 2.10. The Morgan fingerprint density at radius 3 is 2.84 bits per heavy atom. The highest BCUT2D eigenvalue weighted by molar-refractivity contribution is 6.10. The van der Waals surface area contributed by atoms with Crippen molar-refractivity contribution in [2.45, 2.75) is 32.8 Å². The zero-order valence-electron chi connectivity index (χ0n) is 11.3. The van der Waals surface area contributed by atoms with Gasteiger partial charge in [-0.1, -0.05) is 32.0 Å². The van der Waals surface area contributed by atoms with Gasteiger partial charge in [0.05, 0.1) is 5.56 Å². The minimum Gasteiger partial charge on any atom is -0.460 e. The molecule has 1 aromatic heterocycles. The largest absolute Gasteiger partial charge is 0.460 e. The van der Waals surface area contributed by atoms with E-state index in [4.69, 9.17) is 9.15 Å². The summed E-state index contributed by atoms with van der Waals surface area (Å²) in [7, 11) is 0. The van der Waals surface area contributed by atoms with Crippen molar-refractivity contribution in [3.05, 3.63) is 35.6 Å². The fourth-order valence-electron chi connectivity index (χ4n) is 2.79.